The Bertz CT molecular complexity index is 627. The minimum Gasteiger partial charge on any atom is -0.483 e. The molecule has 20 heavy (non-hydrogen) atoms. The Hall–Kier alpha value is -1.48. The molecule has 1 aliphatic rings. The van der Waals surface area contributed by atoms with E-state index in [1.165, 1.54) is 5.56 Å². The van der Waals surface area contributed by atoms with Gasteiger partial charge in [-0.25, -0.2) is 0 Å². The van der Waals surface area contributed by atoms with E-state index in [9.17, 15) is 0 Å². The molecule has 1 atom stereocenters. The fourth-order valence-electron chi connectivity index (χ4n) is 2.84. The van der Waals surface area contributed by atoms with Crippen LogP contribution in [0, 0.1) is 0 Å². The van der Waals surface area contributed by atoms with E-state index in [4.69, 9.17) is 9.15 Å². The summed E-state index contributed by atoms with van der Waals surface area (Å²) >= 11 is 0. The Balaban J connectivity index is 1.97. The molecule has 0 radical (unpaired) electrons. The molecule has 0 amide bonds. The second kappa shape index (κ2) is 4.81. The average Bonchev–Trinajstić information content (AvgIpc) is 2.94. The molecule has 1 N–H and O–H groups in total. The van der Waals surface area contributed by atoms with Gasteiger partial charge in [-0.3, -0.25) is 0 Å². The molecule has 2 aromatic rings. The molecule has 3 heteroatoms. The molecule has 2 heterocycles. The molecule has 108 valence electrons. The smallest absolute Gasteiger partial charge is 0.176 e. The molecule has 1 aromatic carbocycles. The summed E-state index contributed by atoms with van der Waals surface area (Å²) in [7, 11) is 0. The molecular formula is C17H23NO2. The van der Waals surface area contributed by atoms with Crippen molar-refractivity contribution in [3.8, 4) is 5.75 Å². The number of fused-ring (bicyclic) bond motifs is 3. The minimum atomic E-state index is -0.129. The second-order valence-electron chi connectivity index (χ2n) is 6.34. The maximum Gasteiger partial charge on any atom is 0.176 e. The Labute approximate surface area is 120 Å². The highest BCUT2D eigenvalue weighted by atomic mass is 16.5. The Morgan fingerprint density at radius 1 is 1.35 bits per heavy atom. The lowest BCUT2D eigenvalue weighted by molar-refractivity contribution is 0.138. The summed E-state index contributed by atoms with van der Waals surface area (Å²) in [6.07, 6.45) is 2.06. The number of benzene rings is 1. The Morgan fingerprint density at radius 3 is 2.90 bits per heavy atom. The summed E-state index contributed by atoms with van der Waals surface area (Å²) in [6, 6.07) is 6.65. The van der Waals surface area contributed by atoms with Crippen molar-refractivity contribution in [3.63, 3.8) is 0 Å². The normalized spacial score (nSPS) is 18.0. The van der Waals surface area contributed by atoms with Gasteiger partial charge < -0.3 is 14.5 Å². The number of hydrogen-bond donors (Lipinski definition) is 1. The van der Waals surface area contributed by atoms with Crippen molar-refractivity contribution >= 4 is 11.0 Å². The standard InChI is InChI=1S/C17H23NO2/c1-5-8-18-11(2)14-9-12-6-7-13-10-17(3,4)20-16(13)15(12)19-14/h6-7,9,11,18H,5,8,10H2,1-4H3. The zero-order valence-corrected chi connectivity index (χ0v) is 12.7. The predicted octanol–water partition coefficient (Wildman–Crippen LogP) is 4.21. The molecule has 0 spiro atoms. The molecule has 0 fully saturated rings. The highest BCUT2D eigenvalue weighted by molar-refractivity contribution is 5.86. The number of hydrogen-bond acceptors (Lipinski definition) is 3. The van der Waals surface area contributed by atoms with Crippen LogP contribution in [0.25, 0.3) is 11.0 Å². The zero-order valence-electron chi connectivity index (χ0n) is 12.7. The molecule has 1 aromatic heterocycles. The van der Waals surface area contributed by atoms with Crippen LogP contribution in [0.3, 0.4) is 0 Å². The monoisotopic (exact) mass is 273 g/mol. The van der Waals surface area contributed by atoms with Crippen molar-refractivity contribution in [3.05, 3.63) is 29.5 Å². The molecule has 0 bridgehead atoms. The highest BCUT2D eigenvalue weighted by Crippen LogP contribution is 2.42. The molecular weight excluding hydrogens is 250 g/mol. The van der Waals surface area contributed by atoms with Crippen molar-refractivity contribution in [2.75, 3.05) is 6.54 Å². The average molecular weight is 273 g/mol. The van der Waals surface area contributed by atoms with Gasteiger partial charge in [0, 0.05) is 17.4 Å². The van der Waals surface area contributed by atoms with E-state index in [1.807, 2.05) is 0 Å². The van der Waals surface area contributed by atoms with Crippen LogP contribution in [0.4, 0.5) is 0 Å². The lowest BCUT2D eigenvalue weighted by Crippen LogP contribution is -2.24. The van der Waals surface area contributed by atoms with Gasteiger partial charge in [-0.2, -0.15) is 0 Å². The van der Waals surface area contributed by atoms with E-state index in [-0.39, 0.29) is 11.6 Å². The lowest BCUT2D eigenvalue weighted by atomic mass is 10.0. The first kappa shape index (κ1) is 13.5. The van der Waals surface area contributed by atoms with Crippen LogP contribution in [-0.2, 0) is 6.42 Å². The molecule has 0 saturated heterocycles. The maximum atomic E-state index is 6.08. The van der Waals surface area contributed by atoms with Gasteiger partial charge in [0.05, 0.1) is 6.04 Å². The Morgan fingerprint density at radius 2 is 2.15 bits per heavy atom. The van der Waals surface area contributed by atoms with Gasteiger partial charge in [0.25, 0.3) is 0 Å². The third kappa shape index (κ3) is 2.31. The van der Waals surface area contributed by atoms with Crippen molar-refractivity contribution in [1.82, 2.24) is 5.32 Å². The van der Waals surface area contributed by atoms with E-state index in [0.717, 1.165) is 41.9 Å². The summed E-state index contributed by atoms with van der Waals surface area (Å²) in [5, 5.41) is 4.59. The third-order valence-corrected chi connectivity index (χ3v) is 3.86. The Kier molecular flexibility index (Phi) is 3.25. The summed E-state index contributed by atoms with van der Waals surface area (Å²) < 4.78 is 12.1. The van der Waals surface area contributed by atoms with Crippen LogP contribution in [0.15, 0.2) is 22.6 Å². The van der Waals surface area contributed by atoms with Crippen LogP contribution in [0.2, 0.25) is 0 Å². The summed E-state index contributed by atoms with van der Waals surface area (Å²) in [4.78, 5) is 0. The molecule has 1 unspecified atom stereocenters. The van der Waals surface area contributed by atoms with E-state index in [2.05, 4.69) is 51.2 Å². The summed E-state index contributed by atoms with van der Waals surface area (Å²) in [6.45, 7) is 9.54. The number of furan rings is 1. The van der Waals surface area contributed by atoms with Crippen molar-refractivity contribution < 1.29 is 9.15 Å². The third-order valence-electron chi connectivity index (χ3n) is 3.86. The van der Waals surface area contributed by atoms with Crippen molar-refractivity contribution in [1.29, 1.82) is 0 Å². The first-order chi connectivity index (χ1) is 9.50. The van der Waals surface area contributed by atoms with Crippen LogP contribution in [0.1, 0.15) is 51.5 Å². The first-order valence-electron chi connectivity index (χ1n) is 7.48. The molecule has 3 rings (SSSR count). The van der Waals surface area contributed by atoms with Crippen LogP contribution >= 0.6 is 0 Å². The topological polar surface area (TPSA) is 34.4 Å². The van der Waals surface area contributed by atoms with E-state index in [1.54, 1.807) is 0 Å². The van der Waals surface area contributed by atoms with Gasteiger partial charge in [-0.15, -0.1) is 0 Å². The molecule has 0 saturated carbocycles. The summed E-state index contributed by atoms with van der Waals surface area (Å²) in [5.74, 6) is 1.91. The summed E-state index contributed by atoms with van der Waals surface area (Å²) in [5.41, 5.74) is 2.01. The maximum absolute atomic E-state index is 6.08. The lowest BCUT2D eigenvalue weighted by Gasteiger charge is -2.16. The first-order valence-corrected chi connectivity index (χ1v) is 7.48. The van der Waals surface area contributed by atoms with E-state index >= 15 is 0 Å². The quantitative estimate of drug-likeness (QED) is 0.906. The molecule has 0 aliphatic carbocycles. The SMILES string of the molecule is CCCNC(C)c1cc2ccc3c(c2o1)OC(C)(C)C3. The van der Waals surface area contributed by atoms with Gasteiger partial charge in [0.15, 0.2) is 11.3 Å². The predicted molar refractivity (Wildman–Crippen MR) is 81.3 cm³/mol. The number of nitrogens with one attached hydrogen (secondary N) is 1. The van der Waals surface area contributed by atoms with Gasteiger partial charge in [0.2, 0.25) is 0 Å². The molecule has 3 nitrogen and oxygen atoms in total. The van der Waals surface area contributed by atoms with Crippen LogP contribution < -0.4 is 10.1 Å². The van der Waals surface area contributed by atoms with E-state index < -0.39 is 0 Å². The van der Waals surface area contributed by atoms with E-state index in [0.29, 0.717) is 0 Å². The van der Waals surface area contributed by atoms with Crippen molar-refractivity contribution in [2.24, 2.45) is 0 Å². The zero-order chi connectivity index (χ0) is 14.3. The van der Waals surface area contributed by atoms with Crippen LogP contribution in [-0.4, -0.2) is 12.1 Å². The van der Waals surface area contributed by atoms with Gasteiger partial charge >= 0.3 is 0 Å². The van der Waals surface area contributed by atoms with Gasteiger partial charge in [0.1, 0.15) is 11.4 Å². The fourth-order valence-corrected chi connectivity index (χ4v) is 2.84. The van der Waals surface area contributed by atoms with Crippen LogP contribution in [0.5, 0.6) is 5.75 Å². The second-order valence-corrected chi connectivity index (χ2v) is 6.34. The molecule has 1 aliphatic heterocycles. The largest absolute Gasteiger partial charge is 0.483 e. The minimum absolute atomic E-state index is 0.129. The van der Waals surface area contributed by atoms with Gasteiger partial charge in [-0.05, 0) is 39.8 Å². The number of rotatable bonds is 4. The fraction of sp³-hybridized carbons (Fsp3) is 0.529. The van der Waals surface area contributed by atoms with Gasteiger partial charge in [-0.1, -0.05) is 19.1 Å². The van der Waals surface area contributed by atoms with Crippen molar-refractivity contribution in [2.45, 2.75) is 52.2 Å². The highest BCUT2D eigenvalue weighted by Gasteiger charge is 2.32. The number of ether oxygens (including phenoxy) is 1.